The third kappa shape index (κ3) is 3.31. The molecule has 0 aliphatic heterocycles. The summed E-state index contributed by atoms with van der Waals surface area (Å²) in [6, 6.07) is 8.94. The van der Waals surface area contributed by atoms with Gasteiger partial charge in [0.15, 0.2) is 0 Å². The van der Waals surface area contributed by atoms with Gasteiger partial charge in [-0.15, -0.1) is 0 Å². The van der Waals surface area contributed by atoms with Crippen LogP contribution in [0.25, 0.3) is 0 Å². The molecule has 0 saturated heterocycles. The fourth-order valence-electron chi connectivity index (χ4n) is 2.19. The van der Waals surface area contributed by atoms with E-state index in [1.165, 1.54) is 0 Å². The summed E-state index contributed by atoms with van der Waals surface area (Å²) in [6.45, 7) is 3.86. The minimum absolute atomic E-state index is 0.0127. The highest BCUT2D eigenvalue weighted by Crippen LogP contribution is 2.38. The van der Waals surface area contributed by atoms with Crippen LogP contribution in [0, 0.1) is 23.2 Å². The van der Waals surface area contributed by atoms with Crippen molar-refractivity contribution in [2.24, 2.45) is 0 Å². The molecule has 0 aromatic heterocycles. The van der Waals surface area contributed by atoms with E-state index in [0.717, 1.165) is 25.8 Å². The summed E-state index contributed by atoms with van der Waals surface area (Å²) in [5.41, 5.74) is 4.08. The van der Waals surface area contributed by atoms with E-state index in [4.69, 9.17) is 11.6 Å². The molecule has 0 amide bonds. The van der Waals surface area contributed by atoms with Gasteiger partial charge in [-0.1, -0.05) is 27.5 Å². The van der Waals surface area contributed by atoms with Crippen LogP contribution in [0.4, 0.5) is 4.39 Å². The Hall–Kier alpha value is -0.130. The molecule has 0 nitrogen and oxygen atoms in total. The van der Waals surface area contributed by atoms with E-state index in [9.17, 15) is 4.39 Å². The summed E-state index contributed by atoms with van der Waals surface area (Å²) in [5, 5.41) is 0.706. The second-order valence-electron chi connectivity index (χ2n) is 4.48. The van der Waals surface area contributed by atoms with Gasteiger partial charge in [0, 0.05) is 8.59 Å². The Morgan fingerprint density at radius 3 is 2.32 bits per heavy atom. The zero-order chi connectivity index (χ0) is 14.2. The second kappa shape index (κ2) is 6.10. The molecular formula is C15H12BrClFI. The predicted octanol–water partition coefficient (Wildman–Crippen LogP) is 6.18. The normalized spacial score (nSPS) is 12.5. The molecule has 0 radical (unpaired) electrons. The quantitative estimate of drug-likeness (QED) is 0.376. The van der Waals surface area contributed by atoms with Crippen LogP contribution in [0.5, 0.6) is 0 Å². The first-order valence-electron chi connectivity index (χ1n) is 5.76. The van der Waals surface area contributed by atoms with Crippen molar-refractivity contribution in [3.63, 3.8) is 0 Å². The van der Waals surface area contributed by atoms with Crippen molar-refractivity contribution < 1.29 is 4.39 Å². The van der Waals surface area contributed by atoms with Crippen LogP contribution in [0.15, 0.2) is 30.3 Å². The molecule has 1 unspecified atom stereocenters. The maximum atomic E-state index is 13.4. The molecule has 0 saturated carbocycles. The molecule has 19 heavy (non-hydrogen) atoms. The highest BCUT2D eigenvalue weighted by Gasteiger charge is 2.18. The fraction of sp³-hybridized carbons (Fsp3) is 0.200. The second-order valence-corrected chi connectivity index (χ2v) is 7.00. The Morgan fingerprint density at radius 1 is 1.16 bits per heavy atom. The van der Waals surface area contributed by atoms with Gasteiger partial charge in [0.2, 0.25) is 0 Å². The monoisotopic (exact) mass is 452 g/mol. The van der Waals surface area contributed by atoms with E-state index in [1.54, 1.807) is 12.1 Å². The molecule has 0 heterocycles. The number of benzene rings is 2. The van der Waals surface area contributed by atoms with E-state index >= 15 is 0 Å². The average molecular weight is 454 g/mol. The first kappa shape index (κ1) is 15.3. The lowest BCUT2D eigenvalue weighted by atomic mass is 9.96. The lowest BCUT2D eigenvalue weighted by Crippen LogP contribution is -2.02. The molecule has 0 fully saturated rings. The fourth-order valence-corrected chi connectivity index (χ4v) is 4.54. The third-order valence-electron chi connectivity index (χ3n) is 3.04. The summed E-state index contributed by atoms with van der Waals surface area (Å²) < 4.78 is 14.5. The van der Waals surface area contributed by atoms with Gasteiger partial charge < -0.3 is 0 Å². The van der Waals surface area contributed by atoms with E-state index in [1.807, 2.05) is 32.0 Å². The van der Waals surface area contributed by atoms with Crippen molar-refractivity contribution in [1.29, 1.82) is 0 Å². The smallest absolute Gasteiger partial charge is 0.123 e. The summed E-state index contributed by atoms with van der Waals surface area (Å²) in [4.78, 5) is 0.0127. The van der Waals surface area contributed by atoms with Crippen molar-refractivity contribution >= 4 is 50.1 Å². The molecule has 100 valence electrons. The summed E-state index contributed by atoms with van der Waals surface area (Å²) in [5.74, 6) is -0.195. The maximum Gasteiger partial charge on any atom is 0.123 e. The standard InChI is InChI=1S/C15H12BrClFI/c1-8-5-11(18)6-9(2)14(8)15(16)12-7-10(17)3-4-13(12)19/h3-7,15H,1-2H3. The maximum absolute atomic E-state index is 13.4. The first-order chi connectivity index (χ1) is 8.90. The van der Waals surface area contributed by atoms with Gasteiger partial charge in [0.05, 0.1) is 4.83 Å². The molecule has 1 atom stereocenters. The van der Waals surface area contributed by atoms with Crippen molar-refractivity contribution in [3.05, 3.63) is 67.0 Å². The molecule has 2 aromatic carbocycles. The zero-order valence-electron chi connectivity index (χ0n) is 10.5. The van der Waals surface area contributed by atoms with E-state index in [-0.39, 0.29) is 10.6 Å². The summed E-state index contributed by atoms with van der Waals surface area (Å²) >= 11 is 12.1. The van der Waals surface area contributed by atoms with Crippen LogP contribution < -0.4 is 0 Å². The summed E-state index contributed by atoms with van der Waals surface area (Å²) in [7, 11) is 0. The minimum Gasteiger partial charge on any atom is -0.207 e. The highest BCUT2D eigenvalue weighted by atomic mass is 127. The molecule has 4 heteroatoms. The number of hydrogen-bond acceptors (Lipinski definition) is 0. The molecule has 2 aromatic rings. The predicted molar refractivity (Wildman–Crippen MR) is 90.8 cm³/mol. The van der Waals surface area contributed by atoms with Gasteiger partial charge in [0.25, 0.3) is 0 Å². The van der Waals surface area contributed by atoms with E-state index in [2.05, 4.69) is 38.5 Å². The van der Waals surface area contributed by atoms with Gasteiger partial charge >= 0.3 is 0 Å². The molecular weight excluding hydrogens is 441 g/mol. The molecule has 0 aliphatic rings. The first-order valence-corrected chi connectivity index (χ1v) is 8.13. The van der Waals surface area contributed by atoms with Crippen LogP contribution in [-0.4, -0.2) is 0 Å². The minimum atomic E-state index is -0.195. The van der Waals surface area contributed by atoms with Crippen LogP contribution in [0.2, 0.25) is 5.02 Å². The third-order valence-corrected chi connectivity index (χ3v) is 5.21. The van der Waals surface area contributed by atoms with Crippen molar-refractivity contribution in [2.45, 2.75) is 18.7 Å². The largest absolute Gasteiger partial charge is 0.207 e. The Balaban J connectivity index is 2.56. The summed E-state index contributed by atoms with van der Waals surface area (Å²) in [6.07, 6.45) is 0. The lowest BCUT2D eigenvalue weighted by Gasteiger charge is -2.18. The number of alkyl halides is 1. The molecule has 0 aliphatic carbocycles. The molecule has 0 N–H and O–H groups in total. The zero-order valence-corrected chi connectivity index (χ0v) is 15.0. The Kier molecular flexibility index (Phi) is 4.90. The van der Waals surface area contributed by atoms with Crippen molar-refractivity contribution in [1.82, 2.24) is 0 Å². The van der Waals surface area contributed by atoms with Gasteiger partial charge in [-0.25, -0.2) is 4.39 Å². The SMILES string of the molecule is Cc1cc(F)cc(C)c1C(Br)c1cc(Cl)ccc1I. The van der Waals surface area contributed by atoms with Crippen LogP contribution in [0.3, 0.4) is 0 Å². The van der Waals surface area contributed by atoms with Crippen molar-refractivity contribution in [3.8, 4) is 0 Å². The number of aryl methyl sites for hydroxylation is 2. The lowest BCUT2D eigenvalue weighted by molar-refractivity contribution is 0.624. The number of halogens is 4. The van der Waals surface area contributed by atoms with Crippen LogP contribution in [0.1, 0.15) is 27.1 Å². The van der Waals surface area contributed by atoms with Gasteiger partial charge in [-0.3, -0.25) is 0 Å². The van der Waals surface area contributed by atoms with E-state index < -0.39 is 0 Å². The van der Waals surface area contributed by atoms with Gasteiger partial charge in [-0.2, -0.15) is 0 Å². The topological polar surface area (TPSA) is 0 Å². The highest BCUT2D eigenvalue weighted by molar-refractivity contribution is 14.1. The van der Waals surface area contributed by atoms with Crippen molar-refractivity contribution in [2.75, 3.05) is 0 Å². The molecule has 0 bridgehead atoms. The Labute approximate surface area is 139 Å². The van der Waals surface area contributed by atoms with Crippen LogP contribution in [-0.2, 0) is 0 Å². The number of rotatable bonds is 2. The average Bonchev–Trinajstić information content (AvgIpc) is 2.30. The molecule has 2 rings (SSSR count). The van der Waals surface area contributed by atoms with Crippen LogP contribution >= 0.6 is 50.1 Å². The number of hydrogen-bond donors (Lipinski definition) is 0. The Morgan fingerprint density at radius 2 is 1.74 bits per heavy atom. The molecule has 0 spiro atoms. The van der Waals surface area contributed by atoms with E-state index in [0.29, 0.717) is 5.02 Å². The van der Waals surface area contributed by atoms with Gasteiger partial charge in [0.1, 0.15) is 5.82 Å². The van der Waals surface area contributed by atoms with Gasteiger partial charge in [-0.05, 0) is 89.0 Å². The Bertz CT molecular complexity index is 605.